The van der Waals surface area contributed by atoms with E-state index in [1.165, 1.54) is 18.4 Å². The summed E-state index contributed by atoms with van der Waals surface area (Å²) in [5, 5.41) is 13.2. The van der Waals surface area contributed by atoms with Crippen LogP contribution in [-0.4, -0.2) is 77.0 Å². The van der Waals surface area contributed by atoms with Gasteiger partial charge in [-0.05, 0) is 34.9 Å². The quantitative estimate of drug-likeness (QED) is 0.447. The Balaban J connectivity index is 1.38. The summed E-state index contributed by atoms with van der Waals surface area (Å²) in [7, 11) is 3.39. The van der Waals surface area contributed by atoms with E-state index in [-0.39, 0.29) is 6.04 Å². The number of piperazine rings is 1. The van der Waals surface area contributed by atoms with Gasteiger partial charge >= 0.3 is 0 Å². The molecule has 1 saturated heterocycles. The summed E-state index contributed by atoms with van der Waals surface area (Å²) in [5.74, 6) is 2.37. The first-order chi connectivity index (χ1) is 17.8. The van der Waals surface area contributed by atoms with E-state index in [9.17, 15) is 0 Å². The van der Waals surface area contributed by atoms with Gasteiger partial charge in [0.2, 0.25) is 0 Å². The molecule has 190 valence electrons. The summed E-state index contributed by atoms with van der Waals surface area (Å²) in [4.78, 5) is 4.99. The normalized spacial score (nSPS) is 18.6. The molecular weight excluding hydrogens is 452 g/mol. The molecule has 0 amide bonds. The lowest BCUT2D eigenvalue weighted by atomic mass is 10.0. The summed E-state index contributed by atoms with van der Waals surface area (Å²) >= 11 is 0. The molecular formula is C28H36N6O2. The molecule has 36 heavy (non-hydrogen) atoms. The SMILES string of the molecule is COc1cccc(C(c2nnnn2C2CCCC2)N2CCN(C/C=C/c3ccccc3)CC2)c1OC. The highest BCUT2D eigenvalue weighted by molar-refractivity contribution is 5.50. The predicted octanol–water partition coefficient (Wildman–Crippen LogP) is 4.23. The Morgan fingerprint density at radius 3 is 2.44 bits per heavy atom. The molecule has 1 atom stereocenters. The molecule has 1 aliphatic heterocycles. The second-order valence-electron chi connectivity index (χ2n) is 9.55. The molecule has 0 radical (unpaired) electrons. The number of ether oxygens (including phenoxy) is 2. The molecule has 2 aliphatic rings. The molecule has 5 rings (SSSR count). The molecule has 0 bridgehead atoms. The summed E-state index contributed by atoms with van der Waals surface area (Å²) in [6, 6.07) is 16.8. The number of para-hydroxylation sites is 1. The van der Waals surface area contributed by atoms with Gasteiger partial charge in [-0.3, -0.25) is 9.80 Å². The van der Waals surface area contributed by atoms with E-state index in [2.05, 4.69) is 72.5 Å². The van der Waals surface area contributed by atoms with Crippen molar-refractivity contribution in [1.82, 2.24) is 30.0 Å². The predicted molar refractivity (Wildman–Crippen MR) is 140 cm³/mol. The van der Waals surface area contributed by atoms with Gasteiger partial charge in [0.15, 0.2) is 17.3 Å². The highest BCUT2D eigenvalue weighted by atomic mass is 16.5. The van der Waals surface area contributed by atoms with Crippen molar-refractivity contribution in [2.75, 3.05) is 46.9 Å². The third kappa shape index (κ3) is 5.29. The number of tetrazole rings is 1. The van der Waals surface area contributed by atoms with Crippen LogP contribution in [0.4, 0.5) is 0 Å². The van der Waals surface area contributed by atoms with Crippen LogP contribution in [0.1, 0.15) is 54.7 Å². The van der Waals surface area contributed by atoms with Crippen molar-refractivity contribution in [3.63, 3.8) is 0 Å². The largest absolute Gasteiger partial charge is 0.493 e. The van der Waals surface area contributed by atoms with Gasteiger partial charge in [0.25, 0.3) is 0 Å². The molecule has 2 heterocycles. The lowest BCUT2D eigenvalue weighted by Gasteiger charge is -2.39. The van der Waals surface area contributed by atoms with E-state index in [0.717, 1.165) is 68.5 Å². The van der Waals surface area contributed by atoms with Gasteiger partial charge in [0.05, 0.1) is 20.3 Å². The Morgan fingerprint density at radius 2 is 1.72 bits per heavy atom. The zero-order chi connectivity index (χ0) is 24.7. The van der Waals surface area contributed by atoms with Crippen molar-refractivity contribution in [3.8, 4) is 11.5 Å². The number of aromatic nitrogens is 4. The summed E-state index contributed by atoms with van der Waals surface area (Å²) in [6.07, 6.45) is 9.17. The maximum Gasteiger partial charge on any atom is 0.173 e. The third-order valence-electron chi connectivity index (χ3n) is 7.41. The average molecular weight is 489 g/mol. The third-order valence-corrected chi connectivity index (χ3v) is 7.41. The van der Waals surface area contributed by atoms with Gasteiger partial charge in [-0.25, -0.2) is 4.68 Å². The lowest BCUT2D eigenvalue weighted by molar-refractivity contribution is 0.110. The molecule has 8 nitrogen and oxygen atoms in total. The molecule has 2 aromatic carbocycles. The van der Waals surface area contributed by atoms with Crippen molar-refractivity contribution in [2.24, 2.45) is 0 Å². The molecule has 1 aliphatic carbocycles. The van der Waals surface area contributed by atoms with Crippen LogP contribution in [0.2, 0.25) is 0 Å². The van der Waals surface area contributed by atoms with E-state index in [1.807, 2.05) is 18.2 Å². The van der Waals surface area contributed by atoms with E-state index in [4.69, 9.17) is 9.47 Å². The topological polar surface area (TPSA) is 68.5 Å². The number of rotatable bonds is 9. The molecule has 0 spiro atoms. The Morgan fingerprint density at radius 1 is 0.944 bits per heavy atom. The second-order valence-corrected chi connectivity index (χ2v) is 9.55. The van der Waals surface area contributed by atoms with Gasteiger partial charge in [-0.1, -0.05) is 67.5 Å². The van der Waals surface area contributed by atoms with E-state index in [1.54, 1.807) is 14.2 Å². The fourth-order valence-corrected chi connectivity index (χ4v) is 5.52. The van der Waals surface area contributed by atoms with Crippen molar-refractivity contribution in [2.45, 2.75) is 37.8 Å². The van der Waals surface area contributed by atoms with Crippen LogP contribution in [-0.2, 0) is 0 Å². The zero-order valence-electron chi connectivity index (χ0n) is 21.3. The number of nitrogens with zero attached hydrogens (tertiary/aromatic N) is 6. The number of methoxy groups -OCH3 is 2. The first-order valence-electron chi connectivity index (χ1n) is 12.9. The van der Waals surface area contributed by atoms with Crippen LogP contribution in [0.5, 0.6) is 11.5 Å². The Bertz CT molecular complexity index is 1130. The maximum atomic E-state index is 5.87. The zero-order valence-corrected chi connectivity index (χ0v) is 21.3. The highest BCUT2D eigenvalue weighted by Crippen LogP contribution is 2.41. The number of benzene rings is 2. The van der Waals surface area contributed by atoms with Gasteiger partial charge < -0.3 is 9.47 Å². The van der Waals surface area contributed by atoms with Crippen LogP contribution in [0, 0.1) is 0 Å². The van der Waals surface area contributed by atoms with Crippen molar-refractivity contribution >= 4 is 6.08 Å². The Labute approximate surface area is 213 Å². The highest BCUT2D eigenvalue weighted by Gasteiger charge is 2.35. The summed E-state index contributed by atoms with van der Waals surface area (Å²) in [5.41, 5.74) is 2.28. The molecule has 3 aromatic rings. The van der Waals surface area contributed by atoms with E-state index >= 15 is 0 Å². The minimum absolute atomic E-state index is 0.104. The van der Waals surface area contributed by atoms with Crippen LogP contribution >= 0.6 is 0 Å². The van der Waals surface area contributed by atoms with Gasteiger partial charge in [0.1, 0.15) is 6.04 Å². The maximum absolute atomic E-state index is 5.87. The fraction of sp³-hybridized carbons (Fsp3) is 0.464. The smallest absolute Gasteiger partial charge is 0.173 e. The summed E-state index contributed by atoms with van der Waals surface area (Å²) < 4.78 is 13.6. The van der Waals surface area contributed by atoms with Crippen LogP contribution in [0.3, 0.4) is 0 Å². The molecule has 8 heteroatoms. The molecule has 1 saturated carbocycles. The molecule has 1 unspecified atom stereocenters. The first kappa shape index (κ1) is 24.5. The van der Waals surface area contributed by atoms with Gasteiger partial charge in [-0.2, -0.15) is 0 Å². The molecule has 0 N–H and O–H groups in total. The van der Waals surface area contributed by atoms with Gasteiger partial charge in [0, 0.05) is 38.3 Å². The first-order valence-corrected chi connectivity index (χ1v) is 12.9. The Kier molecular flexibility index (Phi) is 7.93. The van der Waals surface area contributed by atoms with Gasteiger partial charge in [-0.15, -0.1) is 5.10 Å². The number of hydrogen-bond donors (Lipinski definition) is 0. The lowest BCUT2D eigenvalue weighted by Crippen LogP contribution is -2.48. The van der Waals surface area contributed by atoms with Crippen LogP contribution in [0.15, 0.2) is 54.6 Å². The van der Waals surface area contributed by atoms with Crippen molar-refractivity contribution in [1.29, 1.82) is 0 Å². The van der Waals surface area contributed by atoms with E-state index in [0.29, 0.717) is 6.04 Å². The molecule has 1 aromatic heterocycles. The minimum atomic E-state index is -0.104. The van der Waals surface area contributed by atoms with Crippen LogP contribution < -0.4 is 9.47 Å². The van der Waals surface area contributed by atoms with E-state index < -0.39 is 0 Å². The average Bonchev–Trinajstić information content (AvgIpc) is 3.63. The molecule has 2 fully saturated rings. The van der Waals surface area contributed by atoms with Crippen molar-refractivity contribution in [3.05, 3.63) is 71.6 Å². The fourth-order valence-electron chi connectivity index (χ4n) is 5.52. The monoisotopic (exact) mass is 488 g/mol. The standard InChI is InChI=1S/C28H36N6O2/c1-35-25-16-8-15-24(27(25)36-2)26(28-29-30-31-34(28)23-13-6-7-14-23)33-20-18-32(19-21-33)17-9-12-22-10-4-3-5-11-22/h3-5,8-12,15-16,23,26H,6-7,13-14,17-21H2,1-2H3/b12-9+. The number of hydrogen-bond acceptors (Lipinski definition) is 7. The van der Waals surface area contributed by atoms with Crippen LogP contribution in [0.25, 0.3) is 6.08 Å². The minimum Gasteiger partial charge on any atom is -0.493 e. The van der Waals surface area contributed by atoms with Crippen molar-refractivity contribution < 1.29 is 9.47 Å². The second kappa shape index (κ2) is 11.7. The Hall–Kier alpha value is -3.23. The summed E-state index contributed by atoms with van der Waals surface area (Å²) in [6.45, 7) is 4.74.